The number of amides is 2. The van der Waals surface area contributed by atoms with Gasteiger partial charge in [-0.2, -0.15) is 11.8 Å². The summed E-state index contributed by atoms with van der Waals surface area (Å²) in [5, 5.41) is 12.8. The molecule has 236 valence electrons. The van der Waals surface area contributed by atoms with Gasteiger partial charge in [0, 0.05) is 48.7 Å². The van der Waals surface area contributed by atoms with Gasteiger partial charge in [0.25, 0.3) is 11.8 Å². The van der Waals surface area contributed by atoms with Gasteiger partial charge in [-0.15, -0.1) is 0 Å². The van der Waals surface area contributed by atoms with E-state index in [9.17, 15) is 9.59 Å². The molecule has 1 aromatic heterocycles. The van der Waals surface area contributed by atoms with Crippen molar-refractivity contribution in [1.82, 2.24) is 20.5 Å². The lowest BCUT2D eigenvalue weighted by molar-refractivity contribution is -0.116. The minimum absolute atomic E-state index is 0. The number of aliphatic hydroxyl groups excluding tert-OH is 1. The molecule has 0 saturated carbocycles. The zero-order valence-electron chi connectivity index (χ0n) is 25.5. The third-order valence-corrected chi connectivity index (χ3v) is 6.75. The molecule has 0 bridgehead atoms. The van der Waals surface area contributed by atoms with E-state index in [2.05, 4.69) is 46.5 Å². The molecule has 0 unspecified atom stereocenters. The second kappa shape index (κ2) is 27.3. The number of carbonyl (C=O) groups is 2. The summed E-state index contributed by atoms with van der Waals surface area (Å²) >= 11 is 1.79. The number of aryl methyl sites for hydroxylation is 1. The molecule has 0 aliphatic carbocycles. The first-order valence-electron chi connectivity index (χ1n) is 13.1. The van der Waals surface area contributed by atoms with E-state index in [4.69, 9.17) is 5.11 Å². The number of nitrogens with zero attached hydrogens (tertiary/aromatic N) is 1. The first kappa shape index (κ1) is 45.1. The molecule has 0 aliphatic rings. The summed E-state index contributed by atoms with van der Waals surface area (Å²) in [6.45, 7) is 17.3. The van der Waals surface area contributed by atoms with Crippen LogP contribution in [-0.2, 0) is 4.79 Å². The van der Waals surface area contributed by atoms with Crippen molar-refractivity contribution in [1.29, 1.82) is 0 Å². The first-order valence-corrected chi connectivity index (χ1v) is 14.3. The normalized spacial score (nSPS) is 11.6. The molecule has 0 radical (unpaired) electrons. The summed E-state index contributed by atoms with van der Waals surface area (Å²) in [6, 6.07) is 0. The maximum Gasteiger partial charge on any atom is 0.255 e. The van der Waals surface area contributed by atoms with Gasteiger partial charge in [-0.25, -0.2) is 0 Å². The first-order chi connectivity index (χ1) is 18.3. The van der Waals surface area contributed by atoms with Crippen LogP contribution >= 0.6 is 11.8 Å². The summed E-state index contributed by atoms with van der Waals surface area (Å²) in [4.78, 5) is 31.3. The van der Waals surface area contributed by atoms with Gasteiger partial charge in [-0.05, 0) is 71.1 Å². The zero-order valence-corrected chi connectivity index (χ0v) is 26.3. The summed E-state index contributed by atoms with van der Waals surface area (Å²) in [5.41, 5.74) is 4.81. The van der Waals surface area contributed by atoms with Crippen molar-refractivity contribution in [2.75, 3.05) is 44.8 Å². The lowest BCUT2D eigenvalue weighted by atomic mass is 10.1. The number of nitrogens with one attached hydrogen (secondary N) is 3. The molecule has 8 N–H and O–H groups in total. The Hall–Kier alpha value is -2.89. The number of thioether (sulfide) groups is 1. The van der Waals surface area contributed by atoms with Crippen LogP contribution in [0.25, 0.3) is 6.08 Å². The van der Waals surface area contributed by atoms with Crippen molar-refractivity contribution < 1.29 is 25.6 Å². The highest BCUT2D eigenvalue weighted by molar-refractivity contribution is 7.99. The Bertz CT molecular complexity index is 1010. The molecule has 9 nitrogen and oxygen atoms in total. The largest absolute Gasteiger partial charge is 0.412 e. The van der Waals surface area contributed by atoms with Gasteiger partial charge in [0.2, 0.25) is 0 Å². The van der Waals surface area contributed by atoms with Gasteiger partial charge in [0.1, 0.15) is 0 Å². The quantitative estimate of drug-likeness (QED) is 0.136. The Morgan fingerprint density at radius 3 is 2.20 bits per heavy atom. The molecular weight excluding hydrogens is 540 g/mol. The third kappa shape index (κ3) is 16.8. The van der Waals surface area contributed by atoms with Gasteiger partial charge in [0.15, 0.2) is 0 Å². The highest BCUT2D eigenvalue weighted by atomic mass is 32.2. The smallest absolute Gasteiger partial charge is 0.255 e. The van der Waals surface area contributed by atoms with E-state index in [-0.39, 0.29) is 30.2 Å². The Morgan fingerprint density at radius 2 is 1.66 bits per heavy atom. The van der Waals surface area contributed by atoms with Crippen molar-refractivity contribution in [3.8, 4) is 0 Å². The fourth-order valence-electron chi connectivity index (χ4n) is 3.66. The van der Waals surface area contributed by atoms with Gasteiger partial charge >= 0.3 is 0 Å². The number of aromatic nitrogens is 1. The monoisotopic (exact) mass is 596 g/mol. The van der Waals surface area contributed by atoms with E-state index in [1.165, 1.54) is 5.57 Å². The van der Waals surface area contributed by atoms with Gasteiger partial charge < -0.3 is 36.6 Å². The predicted molar refractivity (Wildman–Crippen MR) is 178 cm³/mol. The number of aliphatic hydroxyl groups is 1. The van der Waals surface area contributed by atoms with Crippen LogP contribution in [-0.4, -0.2) is 82.6 Å². The van der Waals surface area contributed by atoms with Crippen LogP contribution in [0.2, 0.25) is 0 Å². The minimum Gasteiger partial charge on any atom is -0.412 e. The van der Waals surface area contributed by atoms with Crippen LogP contribution < -0.4 is 10.6 Å². The molecule has 0 fully saturated rings. The Balaban J connectivity index is -0.00000134. The number of hydrogen-bond donors (Lipinski definition) is 4. The fourth-order valence-corrected chi connectivity index (χ4v) is 4.51. The van der Waals surface area contributed by atoms with E-state index in [0.717, 1.165) is 55.2 Å². The van der Waals surface area contributed by atoms with Crippen LogP contribution in [0.15, 0.2) is 53.8 Å². The zero-order chi connectivity index (χ0) is 28.9. The molecule has 2 amide bonds. The molecule has 0 aliphatic heterocycles. The van der Waals surface area contributed by atoms with E-state index < -0.39 is 0 Å². The number of likely N-dealkylation sites (N-methyl/N-ethyl adjacent to an activating group) is 1. The van der Waals surface area contributed by atoms with Crippen LogP contribution in [0.5, 0.6) is 0 Å². The van der Waals surface area contributed by atoms with E-state index in [0.29, 0.717) is 17.7 Å². The number of rotatable bonds is 15. The molecular formula is C31H56N4O5S. The number of allylic oxidation sites excluding steroid dienone is 4. The Kier molecular flexibility index (Phi) is 30.0. The molecule has 1 heterocycles. The lowest BCUT2D eigenvalue weighted by Gasteiger charge is -2.18. The van der Waals surface area contributed by atoms with E-state index in [1.54, 1.807) is 24.0 Å². The molecule has 0 spiro atoms. The molecule has 0 saturated heterocycles. The number of H-pyrrole nitrogens is 1. The highest BCUT2D eigenvalue weighted by Crippen LogP contribution is 2.21. The molecule has 10 heteroatoms. The summed E-state index contributed by atoms with van der Waals surface area (Å²) in [5.74, 6) is 1.40. The summed E-state index contributed by atoms with van der Waals surface area (Å²) in [7, 11) is 1.00. The van der Waals surface area contributed by atoms with Crippen molar-refractivity contribution in [2.45, 2.75) is 55.9 Å². The van der Waals surface area contributed by atoms with Gasteiger partial charge in [-0.1, -0.05) is 57.7 Å². The van der Waals surface area contributed by atoms with Crippen LogP contribution in [0.1, 0.15) is 69.4 Å². The maximum atomic E-state index is 12.9. The van der Waals surface area contributed by atoms with Crippen molar-refractivity contribution in [3.05, 3.63) is 76.3 Å². The van der Waals surface area contributed by atoms with Gasteiger partial charge in [-0.3, -0.25) is 9.59 Å². The average molecular weight is 597 g/mol. The van der Waals surface area contributed by atoms with Crippen molar-refractivity contribution >= 4 is 29.7 Å². The van der Waals surface area contributed by atoms with Crippen LogP contribution in [0.4, 0.5) is 0 Å². The Morgan fingerprint density at radius 1 is 1.02 bits per heavy atom. The molecule has 1 aromatic rings. The van der Waals surface area contributed by atoms with Gasteiger partial charge in [0.05, 0.1) is 5.56 Å². The third-order valence-electron chi connectivity index (χ3n) is 5.79. The van der Waals surface area contributed by atoms with Crippen LogP contribution in [0, 0.1) is 13.8 Å². The molecule has 0 aromatic carbocycles. The van der Waals surface area contributed by atoms with E-state index in [1.807, 2.05) is 58.9 Å². The predicted octanol–water partition coefficient (Wildman–Crippen LogP) is 4.14. The standard InChI is InChI=1S/C29H44N4O2S.CH4O.CH4.2H2O/c1-8-14-24(10-3)21-36-19-13-15-25(28(34)30-16-9-2)20-26-22(6)27(23(7)32-26)29(35)31-17-18-33(11-4)12-5;1-2;;;/h8-10,13-16,20,32H,11-12,17-19,21H2,1-7H3,(H,30,34)(H,31,35);2H,1H3;1H4;2*1H2/b14-8-,15-13+,16-9+,24-10+,25-20-;;;;. The SMILES string of the molecule is C.C/C=C\C(=C/C)CSC/C=C/C(=C/c1[nH]c(C)c(C(=O)NCCN(CC)CC)c1C)C(=O)N/C=C/C.CO.O.O. The molecule has 1 rings (SSSR count). The number of hydrogen-bond acceptors (Lipinski definition) is 5. The average Bonchev–Trinajstić information content (AvgIpc) is 3.21. The molecule has 0 atom stereocenters. The highest BCUT2D eigenvalue weighted by Gasteiger charge is 2.18. The van der Waals surface area contributed by atoms with E-state index >= 15 is 0 Å². The second-order valence-electron chi connectivity index (χ2n) is 8.30. The Labute approximate surface area is 252 Å². The maximum absolute atomic E-state index is 12.9. The number of carbonyl (C=O) groups excluding carboxylic acids is 2. The van der Waals surface area contributed by atoms with Crippen LogP contribution in [0.3, 0.4) is 0 Å². The summed E-state index contributed by atoms with van der Waals surface area (Å²) in [6.07, 6.45) is 15.3. The summed E-state index contributed by atoms with van der Waals surface area (Å²) < 4.78 is 0. The topological polar surface area (TPSA) is 160 Å². The van der Waals surface area contributed by atoms with Crippen molar-refractivity contribution in [3.63, 3.8) is 0 Å². The molecule has 41 heavy (non-hydrogen) atoms. The van der Waals surface area contributed by atoms with Crippen molar-refractivity contribution in [2.24, 2.45) is 0 Å². The number of aromatic amines is 1. The second-order valence-corrected chi connectivity index (χ2v) is 9.33. The minimum atomic E-state index is -0.200. The lowest BCUT2D eigenvalue weighted by Crippen LogP contribution is -2.35. The fraction of sp³-hybridized carbons (Fsp3) is 0.484.